The summed E-state index contributed by atoms with van der Waals surface area (Å²) in [6.07, 6.45) is 0. The highest BCUT2D eigenvalue weighted by atomic mass is 79.9. The maximum absolute atomic E-state index is 11.5. The van der Waals surface area contributed by atoms with Crippen LogP contribution in [0.25, 0.3) is 0 Å². The van der Waals surface area contributed by atoms with Gasteiger partial charge in [-0.3, -0.25) is 9.59 Å². The number of halogens is 1. The minimum Gasteiger partial charge on any atom is -0.480 e. The lowest BCUT2D eigenvalue weighted by molar-refractivity contribution is -0.137. The molecule has 0 aromatic heterocycles. The van der Waals surface area contributed by atoms with Crippen LogP contribution in [0.4, 0.5) is 5.69 Å². The van der Waals surface area contributed by atoms with E-state index in [4.69, 9.17) is 10.8 Å². The minimum absolute atomic E-state index is 0.178. The van der Waals surface area contributed by atoms with Crippen LogP contribution in [-0.4, -0.2) is 34.5 Å². The molecule has 0 heterocycles. The van der Waals surface area contributed by atoms with E-state index in [9.17, 15) is 9.59 Å². The average Bonchev–Trinajstić information content (AvgIpc) is 2.32. The molecule has 0 aliphatic heterocycles. The van der Waals surface area contributed by atoms with Crippen molar-refractivity contribution in [2.75, 3.05) is 16.8 Å². The van der Waals surface area contributed by atoms with Gasteiger partial charge in [-0.15, -0.1) is 11.8 Å². The smallest absolute Gasteiger partial charge is 0.321 e. The van der Waals surface area contributed by atoms with Crippen LogP contribution >= 0.6 is 27.7 Å². The average molecular weight is 333 g/mol. The summed E-state index contributed by atoms with van der Waals surface area (Å²) in [5, 5.41) is 11.3. The Hall–Kier alpha value is -1.05. The molecule has 0 saturated carbocycles. The van der Waals surface area contributed by atoms with Crippen LogP contribution in [0, 0.1) is 0 Å². The van der Waals surface area contributed by atoms with Crippen molar-refractivity contribution in [2.24, 2.45) is 5.73 Å². The zero-order valence-electron chi connectivity index (χ0n) is 9.43. The quantitative estimate of drug-likeness (QED) is 0.734. The molecule has 1 aromatic carbocycles. The van der Waals surface area contributed by atoms with E-state index in [1.807, 2.05) is 12.1 Å². The molecule has 0 unspecified atom stereocenters. The molecule has 1 rings (SSSR count). The molecular formula is C11H13BrN2O3S. The van der Waals surface area contributed by atoms with Gasteiger partial charge in [0.2, 0.25) is 5.91 Å². The van der Waals surface area contributed by atoms with Gasteiger partial charge in [-0.25, -0.2) is 0 Å². The SMILES string of the molecule is N[C@H](CSCC(=O)Nc1ccc(Br)cc1)C(=O)O. The number of nitrogens with two attached hydrogens (primary N) is 1. The van der Waals surface area contributed by atoms with E-state index in [-0.39, 0.29) is 17.4 Å². The predicted octanol–water partition coefficient (Wildman–Crippen LogP) is 1.53. The lowest BCUT2D eigenvalue weighted by Crippen LogP contribution is -2.33. The Morgan fingerprint density at radius 2 is 2.00 bits per heavy atom. The van der Waals surface area contributed by atoms with Gasteiger partial charge >= 0.3 is 5.97 Å². The summed E-state index contributed by atoms with van der Waals surface area (Å²) in [4.78, 5) is 22.0. The van der Waals surface area contributed by atoms with Crippen LogP contribution < -0.4 is 11.1 Å². The van der Waals surface area contributed by atoms with E-state index in [0.29, 0.717) is 5.69 Å². The molecule has 5 nitrogen and oxygen atoms in total. The third-order valence-corrected chi connectivity index (χ3v) is 3.57. The molecule has 98 valence electrons. The topological polar surface area (TPSA) is 92.4 Å². The molecule has 1 atom stereocenters. The van der Waals surface area contributed by atoms with Gasteiger partial charge < -0.3 is 16.2 Å². The van der Waals surface area contributed by atoms with Gasteiger partial charge in [0.25, 0.3) is 0 Å². The second-order valence-corrected chi connectivity index (χ2v) is 5.46. The van der Waals surface area contributed by atoms with Crippen LogP contribution in [0.3, 0.4) is 0 Å². The maximum Gasteiger partial charge on any atom is 0.321 e. The van der Waals surface area contributed by atoms with Gasteiger partial charge in [0.15, 0.2) is 0 Å². The Morgan fingerprint density at radius 1 is 1.39 bits per heavy atom. The summed E-state index contributed by atoms with van der Waals surface area (Å²) in [7, 11) is 0. The molecule has 1 amide bonds. The van der Waals surface area contributed by atoms with Crippen molar-refractivity contribution >= 4 is 45.3 Å². The van der Waals surface area contributed by atoms with Crippen molar-refractivity contribution in [3.05, 3.63) is 28.7 Å². The molecule has 0 fully saturated rings. The molecule has 0 aliphatic carbocycles. The number of thioether (sulfide) groups is 1. The Kier molecular flexibility index (Phi) is 6.17. The molecule has 0 spiro atoms. The van der Waals surface area contributed by atoms with Crippen LogP contribution in [0.5, 0.6) is 0 Å². The maximum atomic E-state index is 11.5. The first-order valence-electron chi connectivity index (χ1n) is 5.10. The fourth-order valence-corrected chi connectivity index (χ4v) is 2.12. The number of benzene rings is 1. The van der Waals surface area contributed by atoms with Gasteiger partial charge in [0, 0.05) is 15.9 Å². The molecular weight excluding hydrogens is 320 g/mol. The van der Waals surface area contributed by atoms with Crippen molar-refractivity contribution in [2.45, 2.75) is 6.04 Å². The van der Waals surface area contributed by atoms with Crippen molar-refractivity contribution in [1.82, 2.24) is 0 Å². The fourth-order valence-electron chi connectivity index (χ4n) is 1.08. The summed E-state index contributed by atoms with van der Waals surface area (Å²) >= 11 is 4.49. The Balaban J connectivity index is 2.30. The van der Waals surface area contributed by atoms with E-state index in [2.05, 4.69) is 21.2 Å². The van der Waals surface area contributed by atoms with Gasteiger partial charge in [-0.1, -0.05) is 15.9 Å². The summed E-state index contributed by atoms with van der Waals surface area (Å²) in [5.74, 6) is -0.851. The number of carboxylic acids is 1. The highest BCUT2D eigenvalue weighted by Crippen LogP contribution is 2.14. The van der Waals surface area contributed by atoms with Crippen molar-refractivity contribution in [1.29, 1.82) is 0 Å². The molecule has 1 aromatic rings. The number of hydrogen-bond donors (Lipinski definition) is 3. The Bertz CT molecular complexity index is 425. The number of carbonyl (C=O) groups excluding carboxylic acids is 1. The number of rotatable bonds is 6. The molecule has 7 heteroatoms. The summed E-state index contributed by atoms with van der Waals surface area (Å²) in [6, 6.07) is 6.26. The number of carbonyl (C=O) groups is 2. The van der Waals surface area contributed by atoms with Crippen molar-refractivity contribution < 1.29 is 14.7 Å². The van der Waals surface area contributed by atoms with Crippen LogP contribution in [0.15, 0.2) is 28.7 Å². The highest BCUT2D eigenvalue weighted by Gasteiger charge is 2.12. The standard InChI is InChI=1S/C11H13BrN2O3S/c12-7-1-3-8(4-2-7)14-10(15)6-18-5-9(13)11(16)17/h1-4,9H,5-6,13H2,(H,14,15)(H,16,17)/t9-/m1/s1. The molecule has 0 saturated heterocycles. The second-order valence-electron chi connectivity index (χ2n) is 3.51. The third-order valence-electron chi connectivity index (χ3n) is 1.98. The molecule has 0 bridgehead atoms. The molecule has 0 radical (unpaired) electrons. The first-order chi connectivity index (χ1) is 8.49. The van der Waals surface area contributed by atoms with Crippen LogP contribution in [-0.2, 0) is 9.59 Å². The van der Waals surface area contributed by atoms with E-state index in [0.717, 1.165) is 4.47 Å². The Morgan fingerprint density at radius 3 is 2.56 bits per heavy atom. The number of carboxylic acid groups (broad SMARTS) is 1. The lowest BCUT2D eigenvalue weighted by atomic mass is 10.3. The van der Waals surface area contributed by atoms with Crippen LogP contribution in [0.1, 0.15) is 0 Å². The fraction of sp³-hybridized carbons (Fsp3) is 0.273. The lowest BCUT2D eigenvalue weighted by Gasteiger charge is -2.07. The number of aliphatic carboxylic acids is 1. The van der Waals surface area contributed by atoms with Gasteiger partial charge in [-0.05, 0) is 24.3 Å². The second kappa shape index (κ2) is 7.40. The zero-order valence-corrected chi connectivity index (χ0v) is 11.8. The van der Waals surface area contributed by atoms with E-state index in [1.54, 1.807) is 12.1 Å². The summed E-state index contributed by atoms with van der Waals surface area (Å²) in [5.41, 5.74) is 6.01. The zero-order chi connectivity index (χ0) is 13.5. The first-order valence-corrected chi connectivity index (χ1v) is 7.05. The molecule has 0 aliphatic rings. The number of hydrogen-bond acceptors (Lipinski definition) is 4. The number of amides is 1. The largest absolute Gasteiger partial charge is 0.480 e. The minimum atomic E-state index is -1.06. The van der Waals surface area contributed by atoms with E-state index < -0.39 is 12.0 Å². The number of anilines is 1. The van der Waals surface area contributed by atoms with Crippen LogP contribution in [0.2, 0.25) is 0 Å². The van der Waals surface area contributed by atoms with Crippen molar-refractivity contribution in [3.8, 4) is 0 Å². The third kappa shape index (κ3) is 5.52. The predicted molar refractivity (Wildman–Crippen MR) is 75.7 cm³/mol. The summed E-state index contributed by atoms with van der Waals surface area (Å²) in [6.45, 7) is 0. The van der Waals surface area contributed by atoms with E-state index in [1.165, 1.54) is 11.8 Å². The normalized spacial score (nSPS) is 11.9. The highest BCUT2D eigenvalue weighted by molar-refractivity contribution is 9.10. The van der Waals surface area contributed by atoms with Gasteiger partial charge in [0.1, 0.15) is 6.04 Å². The van der Waals surface area contributed by atoms with E-state index >= 15 is 0 Å². The Labute approximate surface area is 117 Å². The molecule has 4 N–H and O–H groups in total. The first kappa shape index (κ1) is 15.0. The number of nitrogens with one attached hydrogen (secondary N) is 1. The summed E-state index contributed by atoms with van der Waals surface area (Å²) < 4.78 is 0.933. The van der Waals surface area contributed by atoms with Gasteiger partial charge in [0.05, 0.1) is 5.75 Å². The van der Waals surface area contributed by atoms with Gasteiger partial charge in [-0.2, -0.15) is 0 Å². The monoisotopic (exact) mass is 332 g/mol. The molecule has 18 heavy (non-hydrogen) atoms. The van der Waals surface area contributed by atoms with Crippen molar-refractivity contribution in [3.63, 3.8) is 0 Å².